The summed E-state index contributed by atoms with van der Waals surface area (Å²) < 4.78 is 8.58. The van der Waals surface area contributed by atoms with Crippen LogP contribution in [-0.4, -0.2) is 14.8 Å². The quantitative estimate of drug-likeness (QED) is 0.262. The molecule has 0 spiro atoms. The van der Waals surface area contributed by atoms with Crippen LogP contribution in [0.3, 0.4) is 0 Å². The van der Waals surface area contributed by atoms with Gasteiger partial charge in [0.2, 0.25) is 5.13 Å². The molecule has 5 nitrogen and oxygen atoms in total. The molecule has 0 aliphatic carbocycles. The molecule has 1 unspecified atom stereocenters. The fourth-order valence-electron chi connectivity index (χ4n) is 3.83. The Bertz CT molecular complexity index is 1150. The smallest absolute Gasteiger partial charge is 0.210 e. The molecule has 0 amide bonds. The van der Waals surface area contributed by atoms with Crippen LogP contribution in [0.1, 0.15) is 50.4 Å². The molecule has 0 fully saturated rings. The third-order valence-electron chi connectivity index (χ3n) is 5.41. The fourth-order valence-corrected chi connectivity index (χ4v) is 4.89. The van der Waals surface area contributed by atoms with Crippen LogP contribution in [0.15, 0.2) is 64.9 Å². The summed E-state index contributed by atoms with van der Waals surface area (Å²) in [7, 11) is 0. The molecule has 0 aliphatic heterocycles. The highest BCUT2D eigenvalue weighted by atomic mass is 32.2. The lowest BCUT2D eigenvalue weighted by Crippen LogP contribution is -2.08. The SMILES string of the molecule is CCCC(CC)c1c(Oc2ccc(SN)cc2)c(-c2ccccc2)nn1-c1nc(C)cs1. The van der Waals surface area contributed by atoms with Crippen molar-refractivity contribution in [3.8, 4) is 27.9 Å². The maximum absolute atomic E-state index is 6.58. The maximum atomic E-state index is 6.58. The van der Waals surface area contributed by atoms with Gasteiger partial charge in [-0.05, 0) is 56.0 Å². The van der Waals surface area contributed by atoms with Gasteiger partial charge in [-0.25, -0.2) is 9.67 Å². The number of aromatic nitrogens is 3. The molecule has 2 aromatic heterocycles. The second-order valence-corrected chi connectivity index (χ2v) is 9.24. The van der Waals surface area contributed by atoms with E-state index in [1.807, 2.05) is 54.1 Å². The summed E-state index contributed by atoms with van der Waals surface area (Å²) in [6, 6.07) is 18.1. The van der Waals surface area contributed by atoms with E-state index < -0.39 is 0 Å². The number of hydrogen-bond donors (Lipinski definition) is 1. The van der Waals surface area contributed by atoms with E-state index in [-0.39, 0.29) is 0 Å². The molecule has 1 atom stereocenters. The summed E-state index contributed by atoms with van der Waals surface area (Å²) in [5.41, 5.74) is 3.94. The van der Waals surface area contributed by atoms with Gasteiger partial charge in [-0.3, -0.25) is 5.14 Å². The monoisotopic (exact) mass is 464 g/mol. The highest BCUT2D eigenvalue weighted by Crippen LogP contribution is 2.43. The van der Waals surface area contributed by atoms with Crippen LogP contribution >= 0.6 is 23.3 Å². The lowest BCUT2D eigenvalue weighted by atomic mass is 9.95. The van der Waals surface area contributed by atoms with Crippen LogP contribution < -0.4 is 9.88 Å². The standard InChI is InChI=1S/C25H28N4OS2/c1-4-9-18(5-2)23-24(30-20-12-14-21(32-26)15-13-20)22(19-10-7-6-8-11-19)28-29(23)25-27-17(3)16-31-25/h6-8,10-16,18H,4-5,9,26H2,1-3H3. The van der Waals surface area contributed by atoms with Gasteiger partial charge in [0.25, 0.3) is 0 Å². The molecule has 2 heterocycles. The van der Waals surface area contributed by atoms with Crippen molar-refractivity contribution in [2.75, 3.05) is 0 Å². The first-order valence-electron chi connectivity index (χ1n) is 10.9. The Labute approximate surface area is 197 Å². The molecule has 0 radical (unpaired) electrons. The zero-order chi connectivity index (χ0) is 22.5. The Morgan fingerprint density at radius 3 is 2.44 bits per heavy atom. The normalized spacial score (nSPS) is 12.1. The van der Waals surface area contributed by atoms with E-state index in [9.17, 15) is 0 Å². The van der Waals surface area contributed by atoms with Crippen LogP contribution in [0.2, 0.25) is 0 Å². The Hall–Kier alpha value is -2.61. The molecule has 166 valence electrons. The van der Waals surface area contributed by atoms with Crippen LogP contribution in [0.4, 0.5) is 0 Å². The lowest BCUT2D eigenvalue weighted by molar-refractivity contribution is 0.458. The molecular formula is C25H28N4OS2. The van der Waals surface area contributed by atoms with Crippen molar-refractivity contribution in [3.63, 3.8) is 0 Å². The zero-order valence-corrected chi connectivity index (χ0v) is 20.2. The van der Waals surface area contributed by atoms with Gasteiger partial charge < -0.3 is 4.74 Å². The predicted molar refractivity (Wildman–Crippen MR) is 134 cm³/mol. The van der Waals surface area contributed by atoms with Crippen molar-refractivity contribution in [2.24, 2.45) is 5.14 Å². The summed E-state index contributed by atoms with van der Waals surface area (Å²) in [6.45, 7) is 6.46. The Morgan fingerprint density at radius 1 is 1.09 bits per heavy atom. The molecule has 2 aromatic carbocycles. The van der Waals surface area contributed by atoms with Crippen LogP contribution in [0, 0.1) is 6.92 Å². The first-order chi connectivity index (χ1) is 15.6. The van der Waals surface area contributed by atoms with Gasteiger partial charge >= 0.3 is 0 Å². The predicted octanol–water partition coefficient (Wildman–Crippen LogP) is 7.36. The highest BCUT2D eigenvalue weighted by molar-refractivity contribution is 7.97. The molecule has 4 rings (SSSR count). The number of hydrogen-bond acceptors (Lipinski definition) is 6. The molecule has 0 saturated carbocycles. The average Bonchev–Trinajstić information content (AvgIpc) is 3.42. The number of nitrogens with zero attached hydrogens (tertiary/aromatic N) is 3. The zero-order valence-electron chi connectivity index (χ0n) is 18.6. The van der Waals surface area contributed by atoms with Gasteiger partial charge in [0.15, 0.2) is 5.75 Å². The van der Waals surface area contributed by atoms with E-state index in [2.05, 4.69) is 31.4 Å². The summed E-state index contributed by atoms with van der Waals surface area (Å²) in [6.07, 6.45) is 3.14. The van der Waals surface area contributed by atoms with Crippen molar-refractivity contribution >= 4 is 23.3 Å². The molecule has 0 aliphatic rings. The minimum Gasteiger partial charge on any atom is -0.453 e. The van der Waals surface area contributed by atoms with Gasteiger partial charge in [-0.1, -0.05) is 50.6 Å². The molecule has 0 bridgehead atoms. The van der Waals surface area contributed by atoms with E-state index in [1.54, 1.807) is 11.3 Å². The van der Waals surface area contributed by atoms with E-state index in [0.29, 0.717) is 5.92 Å². The first kappa shape index (κ1) is 22.6. The van der Waals surface area contributed by atoms with Gasteiger partial charge in [0.1, 0.15) is 11.4 Å². The average molecular weight is 465 g/mol. The fraction of sp³-hybridized carbons (Fsp3) is 0.280. The number of thiazole rings is 1. The number of nitrogens with two attached hydrogens (primary N) is 1. The molecule has 4 aromatic rings. The largest absolute Gasteiger partial charge is 0.453 e. The highest BCUT2D eigenvalue weighted by Gasteiger charge is 2.28. The van der Waals surface area contributed by atoms with Crippen molar-refractivity contribution in [1.82, 2.24) is 14.8 Å². The van der Waals surface area contributed by atoms with Crippen LogP contribution in [-0.2, 0) is 0 Å². The number of rotatable bonds is 9. The van der Waals surface area contributed by atoms with Crippen molar-refractivity contribution in [3.05, 3.63) is 71.4 Å². The van der Waals surface area contributed by atoms with Gasteiger partial charge in [-0.15, -0.1) is 11.3 Å². The van der Waals surface area contributed by atoms with Gasteiger partial charge in [0.05, 0.1) is 11.4 Å². The number of aryl methyl sites for hydroxylation is 1. The Kier molecular flexibility index (Phi) is 7.29. The molecule has 7 heteroatoms. The Morgan fingerprint density at radius 2 is 1.84 bits per heavy atom. The number of ether oxygens (including phenoxy) is 1. The third kappa shape index (κ3) is 4.75. The lowest BCUT2D eigenvalue weighted by Gasteiger charge is -2.18. The second kappa shape index (κ2) is 10.3. The van der Waals surface area contributed by atoms with Crippen molar-refractivity contribution in [1.29, 1.82) is 0 Å². The number of benzene rings is 2. The minimum atomic E-state index is 0.308. The topological polar surface area (TPSA) is 66.0 Å². The Balaban J connectivity index is 1.92. The van der Waals surface area contributed by atoms with Crippen molar-refractivity contribution in [2.45, 2.75) is 50.8 Å². The third-order valence-corrected chi connectivity index (χ3v) is 6.89. The second-order valence-electron chi connectivity index (χ2n) is 7.70. The molecule has 0 saturated heterocycles. The van der Waals surface area contributed by atoms with E-state index >= 15 is 0 Å². The molecule has 32 heavy (non-hydrogen) atoms. The summed E-state index contributed by atoms with van der Waals surface area (Å²) >= 11 is 2.84. The maximum Gasteiger partial charge on any atom is 0.210 e. The van der Waals surface area contributed by atoms with E-state index in [0.717, 1.165) is 63.4 Å². The first-order valence-corrected chi connectivity index (χ1v) is 12.7. The van der Waals surface area contributed by atoms with Gasteiger partial charge in [0, 0.05) is 21.8 Å². The summed E-state index contributed by atoms with van der Waals surface area (Å²) in [5, 5.41) is 13.7. The molecular weight excluding hydrogens is 436 g/mol. The van der Waals surface area contributed by atoms with Crippen LogP contribution in [0.5, 0.6) is 11.5 Å². The summed E-state index contributed by atoms with van der Waals surface area (Å²) in [5.74, 6) is 1.88. The van der Waals surface area contributed by atoms with Crippen molar-refractivity contribution < 1.29 is 4.74 Å². The summed E-state index contributed by atoms with van der Waals surface area (Å²) in [4.78, 5) is 5.74. The minimum absolute atomic E-state index is 0.308. The van der Waals surface area contributed by atoms with Gasteiger partial charge in [-0.2, -0.15) is 5.10 Å². The van der Waals surface area contributed by atoms with E-state index in [4.69, 9.17) is 20.0 Å². The molecule has 2 N–H and O–H groups in total. The van der Waals surface area contributed by atoms with E-state index in [1.165, 1.54) is 11.9 Å². The van der Waals surface area contributed by atoms with Crippen LogP contribution in [0.25, 0.3) is 16.4 Å².